The monoisotopic (exact) mass is 573 g/mol. The molecule has 0 aromatic heterocycles. The average Bonchev–Trinajstić information content (AvgIpc) is 3.23. The van der Waals surface area contributed by atoms with Gasteiger partial charge < -0.3 is 19.5 Å². The van der Waals surface area contributed by atoms with Crippen molar-refractivity contribution < 1.29 is 29.0 Å². The predicted molar refractivity (Wildman–Crippen MR) is 150 cm³/mol. The van der Waals surface area contributed by atoms with Crippen molar-refractivity contribution in [3.63, 3.8) is 0 Å². The standard InChI is InChI=1S/C30H33Cl2NO6/c1-17(35)33(14-18-10-21(31)12-25(32)27(18)36)22-6-7-23(28(37)38-5)26(13-22)39-16-19(15-34)24-11-20-8-9-30(24,4)29(20,2)3/h6-7,10,12-13,20,24,36H,8-9,11,14,16H2,1-5H3. The molecule has 2 aromatic rings. The summed E-state index contributed by atoms with van der Waals surface area (Å²) in [5.74, 6) is 1.75. The molecule has 208 valence electrons. The Hall–Kier alpha value is -2.99. The summed E-state index contributed by atoms with van der Waals surface area (Å²) in [6.07, 6.45) is 3.10. The first-order valence-corrected chi connectivity index (χ1v) is 13.6. The molecule has 4 rings (SSSR count). The van der Waals surface area contributed by atoms with Crippen molar-refractivity contribution in [1.82, 2.24) is 0 Å². The van der Waals surface area contributed by atoms with Gasteiger partial charge in [-0.25, -0.2) is 9.59 Å². The molecule has 1 amide bonds. The minimum Gasteiger partial charge on any atom is -0.506 e. The number of phenolic OH excluding ortho intramolecular Hbond substituents is 1. The molecular formula is C30H33Cl2NO6. The fourth-order valence-corrected chi connectivity index (χ4v) is 6.99. The molecule has 2 aliphatic carbocycles. The highest BCUT2D eigenvalue weighted by molar-refractivity contribution is 6.35. The summed E-state index contributed by atoms with van der Waals surface area (Å²) in [5.41, 5.74) is 1.52. The zero-order chi connectivity index (χ0) is 28.7. The Kier molecular flexibility index (Phi) is 8.09. The predicted octanol–water partition coefficient (Wildman–Crippen LogP) is 6.64. The van der Waals surface area contributed by atoms with Gasteiger partial charge in [0.1, 0.15) is 29.6 Å². The highest BCUT2D eigenvalue weighted by atomic mass is 35.5. The van der Waals surface area contributed by atoms with Crippen molar-refractivity contribution in [3.8, 4) is 11.5 Å². The number of carbonyl (C=O) groups is 2. The Morgan fingerprint density at radius 2 is 1.90 bits per heavy atom. The Balaban J connectivity index is 1.64. The number of anilines is 1. The largest absolute Gasteiger partial charge is 0.506 e. The zero-order valence-corrected chi connectivity index (χ0v) is 24.3. The number of methoxy groups -OCH3 is 1. The van der Waals surface area contributed by atoms with Crippen molar-refractivity contribution >= 4 is 46.7 Å². The molecule has 2 aliphatic rings. The van der Waals surface area contributed by atoms with Crippen LogP contribution in [0.2, 0.25) is 10.0 Å². The van der Waals surface area contributed by atoms with E-state index in [1.807, 2.05) is 0 Å². The molecule has 2 aromatic carbocycles. The molecule has 7 nitrogen and oxygen atoms in total. The van der Waals surface area contributed by atoms with E-state index in [-0.39, 0.29) is 57.9 Å². The summed E-state index contributed by atoms with van der Waals surface area (Å²) in [6.45, 7) is 8.09. The summed E-state index contributed by atoms with van der Waals surface area (Å²) in [4.78, 5) is 38.7. The molecule has 2 saturated carbocycles. The maximum atomic E-state index is 12.7. The average molecular weight is 575 g/mol. The number of ether oxygens (including phenoxy) is 2. The van der Waals surface area contributed by atoms with E-state index in [0.29, 0.717) is 27.8 Å². The number of rotatable bonds is 8. The third-order valence-electron chi connectivity index (χ3n) is 9.23. The Labute approximate surface area is 238 Å². The normalized spacial score (nSPS) is 22.7. The van der Waals surface area contributed by atoms with Gasteiger partial charge in [0, 0.05) is 35.2 Å². The lowest BCUT2D eigenvalue weighted by molar-refractivity contribution is -0.116. The van der Waals surface area contributed by atoms with Crippen LogP contribution in [0.1, 0.15) is 62.9 Å². The smallest absolute Gasteiger partial charge is 0.341 e. The number of halogens is 2. The van der Waals surface area contributed by atoms with Gasteiger partial charge in [-0.05, 0) is 60.3 Å². The second-order valence-electron chi connectivity index (χ2n) is 11.3. The SMILES string of the molecule is COC(=O)c1ccc(N(Cc2cc(Cl)cc(Cl)c2O)C(C)=O)cc1OCC(=C=O)C1CC2CCC1(C)C2(C)C. The topological polar surface area (TPSA) is 93.1 Å². The molecule has 0 heterocycles. The van der Waals surface area contributed by atoms with E-state index in [1.54, 1.807) is 12.1 Å². The van der Waals surface area contributed by atoms with E-state index in [4.69, 9.17) is 32.7 Å². The highest BCUT2D eigenvalue weighted by Crippen LogP contribution is 2.69. The first-order valence-electron chi connectivity index (χ1n) is 12.9. The number of aromatic hydroxyl groups is 1. The fraction of sp³-hybridized carbons (Fsp3) is 0.467. The lowest BCUT2D eigenvalue weighted by Gasteiger charge is -2.39. The molecule has 3 unspecified atom stereocenters. The van der Waals surface area contributed by atoms with Crippen LogP contribution in [-0.4, -0.2) is 36.6 Å². The number of hydrogen-bond donors (Lipinski definition) is 1. The minimum atomic E-state index is -0.616. The Morgan fingerprint density at radius 1 is 1.18 bits per heavy atom. The van der Waals surface area contributed by atoms with E-state index < -0.39 is 5.97 Å². The second-order valence-corrected chi connectivity index (χ2v) is 12.1. The van der Waals surface area contributed by atoms with Crippen LogP contribution in [0.5, 0.6) is 11.5 Å². The number of hydrogen-bond acceptors (Lipinski definition) is 6. The van der Waals surface area contributed by atoms with E-state index in [9.17, 15) is 19.5 Å². The van der Waals surface area contributed by atoms with Gasteiger partial charge in [0.05, 0.1) is 24.3 Å². The summed E-state index contributed by atoms with van der Waals surface area (Å²) in [7, 11) is 1.27. The summed E-state index contributed by atoms with van der Waals surface area (Å²) < 4.78 is 11.0. The van der Waals surface area contributed by atoms with Gasteiger partial charge in [0.25, 0.3) is 0 Å². The van der Waals surface area contributed by atoms with Crippen LogP contribution in [0.4, 0.5) is 5.69 Å². The summed E-state index contributed by atoms with van der Waals surface area (Å²) in [5, 5.41) is 10.8. The van der Waals surface area contributed by atoms with Crippen molar-refractivity contribution in [3.05, 3.63) is 57.1 Å². The van der Waals surface area contributed by atoms with Crippen LogP contribution in [-0.2, 0) is 20.9 Å². The Bertz CT molecular complexity index is 1370. The van der Waals surface area contributed by atoms with Gasteiger partial charge in [-0.1, -0.05) is 44.0 Å². The van der Waals surface area contributed by atoms with Crippen molar-refractivity contribution in [2.24, 2.45) is 22.7 Å². The number of amides is 1. The molecule has 0 aliphatic heterocycles. The van der Waals surface area contributed by atoms with Crippen molar-refractivity contribution in [2.75, 3.05) is 18.6 Å². The van der Waals surface area contributed by atoms with E-state index in [1.165, 1.54) is 37.1 Å². The van der Waals surface area contributed by atoms with Crippen LogP contribution >= 0.6 is 23.2 Å². The summed E-state index contributed by atoms with van der Waals surface area (Å²) >= 11 is 12.2. The van der Waals surface area contributed by atoms with Gasteiger partial charge >= 0.3 is 5.97 Å². The van der Waals surface area contributed by atoms with Gasteiger partial charge in [-0.3, -0.25) is 4.79 Å². The molecule has 0 spiro atoms. The maximum absolute atomic E-state index is 12.7. The number of fused-ring (bicyclic) bond motifs is 2. The van der Waals surface area contributed by atoms with Gasteiger partial charge in [-0.2, -0.15) is 0 Å². The van der Waals surface area contributed by atoms with Crippen LogP contribution in [0.25, 0.3) is 0 Å². The minimum absolute atomic E-state index is 0.0329. The molecule has 9 heteroatoms. The van der Waals surface area contributed by atoms with E-state index >= 15 is 0 Å². The number of nitrogens with zero attached hydrogens (tertiary/aromatic N) is 1. The molecule has 2 fully saturated rings. The third-order valence-corrected chi connectivity index (χ3v) is 9.73. The van der Waals surface area contributed by atoms with Crippen LogP contribution in [0.15, 0.2) is 35.9 Å². The first-order chi connectivity index (χ1) is 18.3. The highest BCUT2D eigenvalue weighted by Gasteiger charge is 2.62. The second kappa shape index (κ2) is 10.9. The van der Waals surface area contributed by atoms with E-state index in [2.05, 4.69) is 26.7 Å². The zero-order valence-electron chi connectivity index (χ0n) is 22.8. The van der Waals surface area contributed by atoms with E-state index in [0.717, 1.165) is 19.3 Å². The van der Waals surface area contributed by atoms with Crippen LogP contribution in [0.3, 0.4) is 0 Å². The third kappa shape index (κ3) is 5.16. The van der Waals surface area contributed by atoms with Crippen molar-refractivity contribution in [1.29, 1.82) is 0 Å². The van der Waals surface area contributed by atoms with Gasteiger partial charge in [-0.15, -0.1) is 0 Å². The van der Waals surface area contributed by atoms with Crippen LogP contribution in [0, 0.1) is 22.7 Å². The lowest BCUT2D eigenvalue weighted by Crippen LogP contribution is -2.34. The number of phenols is 1. The molecule has 0 saturated heterocycles. The quantitative estimate of drug-likeness (QED) is 0.281. The lowest BCUT2D eigenvalue weighted by atomic mass is 9.65. The molecule has 3 atom stereocenters. The van der Waals surface area contributed by atoms with Crippen LogP contribution < -0.4 is 9.64 Å². The number of benzene rings is 2. The maximum Gasteiger partial charge on any atom is 0.341 e. The summed E-state index contributed by atoms with van der Waals surface area (Å²) in [6, 6.07) is 7.57. The molecular weight excluding hydrogens is 541 g/mol. The fourth-order valence-electron chi connectivity index (χ4n) is 6.46. The molecule has 39 heavy (non-hydrogen) atoms. The molecule has 0 radical (unpaired) electrons. The number of esters is 1. The van der Waals surface area contributed by atoms with Crippen molar-refractivity contribution in [2.45, 2.75) is 53.5 Å². The number of carbonyl (C=O) groups excluding carboxylic acids is 3. The van der Waals surface area contributed by atoms with Gasteiger partial charge in [0.2, 0.25) is 5.91 Å². The molecule has 2 bridgehead atoms. The Morgan fingerprint density at radius 3 is 2.46 bits per heavy atom. The molecule has 1 N–H and O–H groups in total. The van der Waals surface area contributed by atoms with Gasteiger partial charge in [0.15, 0.2) is 0 Å². The first kappa shape index (κ1) is 29.0.